The van der Waals surface area contributed by atoms with E-state index in [4.69, 9.17) is 5.73 Å². The standard InChI is InChI=1S/C12H16N2O4S/c13-12(15)8-18-14-19(16,17)11-6-5-9-3-1-2-4-10(9)7-11/h5-7,14H,1-4,8H2,(H2,13,15). The lowest BCUT2D eigenvalue weighted by Crippen LogP contribution is -2.29. The lowest BCUT2D eigenvalue weighted by atomic mass is 9.92. The smallest absolute Gasteiger partial charge is 0.262 e. The third-order valence-corrected chi connectivity index (χ3v) is 4.23. The molecule has 0 bridgehead atoms. The lowest BCUT2D eigenvalue weighted by Gasteiger charge is -2.16. The fourth-order valence-corrected chi connectivity index (χ4v) is 2.96. The van der Waals surface area contributed by atoms with Gasteiger partial charge in [0.05, 0.1) is 4.90 Å². The molecule has 2 rings (SSSR count). The van der Waals surface area contributed by atoms with Crippen LogP contribution in [0.5, 0.6) is 0 Å². The molecule has 0 heterocycles. The summed E-state index contributed by atoms with van der Waals surface area (Å²) in [6.45, 7) is -0.496. The van der Waals surface area contributed by atoms with Gasteiger partial charge in [-0.25, -0.2) is 8.42 Å². The van der Waals surface area contributed by atoms with Crippen molar-refractivity contribution in [2.75, 3.05) is 6.61 Å². The van der Waals surface area contributed by atoms with E-state index in [1.54, 1.807) is 12.1 Å². The van der Waals surface area contributed by atoms with E-state index >= 15 is 0 Å². The number of hydrogen-bond acceptors (Lipinski definition) is 4. The fraction of sp³-hybridized carbons (Fsp3) is 0.417. The summed E-state index contributed by atoms with van der Waals surface area (Å²) in [5.74, 6) is -0.742. The zero-order valence-electron chi connectivity index (χ0n) is 10.4. The van der Waals surface area contributed by atoms with Crippen molar-refractivity contribution in [3.8, 4) is 0 Å². The van der Waals surface area contributed by atoms with E-state index in [0.29, 0.717) is 0 Å². The van der Waals surface area contributed by atoms with Crippen LogP contribution in [0.25, 0.3) is 0 Å². The Balaban J connectivity index is 2.14. The molecule has 1 amide bonds. The molecule has 0 fully saturated rings. The molecule has 104 valence electrons. The van der Waals surface area contributed by atoms with Gasteiger partial charge >= 0.3 is 0 Å². The van der Waals surface area contributed by atoms with Gasteiger partial charge in [0.2, 0.25) is 5.91 Å². The summed E-state index contributed by atoms with van der Waals surface area (Å²) in [6.07, 6.45) is 4.09. The van der Waals surface area contributed by atoms with Gasteiger partial charge in [-0.05, 0) is 48.9 Å². The second kappa shape index (κ2) is 5.68. The molecule has 0 unspecified atom stereocenters. The van der Waals surface area contributed by atoms with Crippen LogP contribution in [0.4, 0.5) is 0 Å². The Morgan fingerprint density at radius 2 is 1.95 bits per heavy atom. The number of benzene rings is 1. The number of amides is 1. The van der Waals surface area contributed by atoms with Crippen molar-refractivity contribution in [3.05, 3.63) is 29.3 Å². The lowest BCUT2D eigenvalue weighted by molar-refractivity contribution is -0.123. The van der Waals surface area contributed by atoms with Crippen LogP contribution < -0.4 is 10.6 Å². The Kier molecular flexibility index (Phi) is 4.18. The summed E-state index contributed by atoms with van der Waals surface area (Å²) in [5, 5.41) is 0. The largest absolute Gasteiger partial charge is 0.368 e. The van der Waals surface area contributed by atoms with Gasteiger partial charge in [-0.15, -0.1) is 0 Å². The van der Waals surface area contributed by atoms with E-state index in [9.17, 15) is 13.2 Å². The molecule has 0 atom stereocenters. The first kappa shape index (κ1) is 14.0. The summed E-state index contributed by atoms with van der Waals surface area (Å²) < 4.78 is 23.8. The number of sulfonamides is 1. The minimum atomic E-state index is -3.77. The third kappa shape index (κ3) is 3.52. The summed E-state index contributed by atoms with van der Waals surface area (Å²) in [6, 6.07) is 5.03. The molecule has 0 aromatic heterocycles. The van der Waals surface area contributed by atoms with Crippen molar-refractivity contribution < 1.29 is 18.0 Å². The minimum Gasteiger partial charge on any atom is -0.368 e. The predicted molar refractivity (Wildman–Crippen MR) is 68.6 cm³/mol. The van der Waals surface area contributed by atoms with Crippen molar-refractivity contribution in [3.63, 3.8) is 0 Å². The monoisotopic (exact) mass is 284 g/mol. The summed E-state index contributed by atoms with van der Waals surface area (Å²) in [4.78, 5) is 17.0. The quantitative estimate of drug-likeness (QED) is 0.758. The molecule has 1 aromatic rings. The molecule has 3 N–H and O–H groups in total. The zero-order chi connectivity index (χ0) is 13.9. The Bertz CT molecular complexity index is 583. The van der Waals surface area contributed by atoms with Crippen LogP contribution in [-0.2, 0) is 32.5 Å². The predicted octanol–water partition coefficient (Wildman–Crippen LogP) is 0.261. The Labute approximate surface area is 111 Å². The molecular formula is C12H16N2O4S. The van der Waals surface area contributed by atoms with Crippen LogP contribution in [0, 0.1) is 0 Å². The maximum Gasteiger partial charge on any atom is 0.262 e. The molecule has 0 aliphatic heterocycles. The first-order chi connectivity index (χ1) is 8.99. The number of carbonyl (C=O) groups is 1. The number of hydrogen-bond donors (Lipinski definition) is 2. The number of nitrogens with two attached hydrogens (primary N) is 1. The number of rotatable bonds is 5. The molecule has 0 saturated heterocycles. The van der Waals surface area contributed by atoms with Gasteiger partial charge in [0.25, 0.3) is 10.0 Å². The highest BCUT2D eigenvalue weighted by Gasteiger charge is 2.18. The summed E-state index contributed by atoms with van der Waals surface area (Å²) in [7, 11) is -3.77. The number of aryl methyl sites for hydroxylation is 2. The zero-order valence-corrected chi connectivity index (χ0v) is 11.2. The van der Waals surface area contributed by atoms with Gasteiger partial charge in [0.1, 0.15) is 6.61 Å². The number of fused-ring (bicyclic) bond motifs is 1. The molecule has 1 aliphatic carbocycles. The maximum atomic E-state index is 11.9. The first-order valence-electron chi connectivity index (χ1n) is 6.03. The topological polar surface area (TPSA) is 98.5 Å². The highest BCUT2D eigenvalue weighted by Crippen LogP contribution is 2.23. The molecule has 0 saturated carbocycles. The van der Waals surface area contributed by atoms with E-state index < -0.39 is 22.5 Å². The Hall–Kier alpha value is -1.44. The van der Waals surface area contributed by atoms with Gasteiger partial charge in [-0.1, -0.05) is 11.0 Å². The van der Waals surface area contributed by atoms with Crippen molar-refractivity contribution in [1.82, 2.24) is 4.89 Å². The third-order valence-electron chi connectivity index (χ3n) is 3.01. The molecule has 19 heavy (non-hydrogen) atoms. The molecule has 1 aliphatic rings. The van der Waals surface area contributed by atoms with Gasteiger partial charge < -0.3 is 5.73 Å². The SMILES string of the molecule is NC(=O)CONS(=O)(=O)c1ccc2c(c1)CCCC2. The van der Waals surface area contributed by atoms with Gasteiger partial charge in [-0.2, -0.15) is 0 Å². The Morgan fingerprint density at radius 1 is 1.26 bits per heavy atom. The maximum absolute atomic E-state index is 11.9. The van der Waals surface area contributed by atoms with Crippen LogP contribution in [-0.4, -0.2) is 20.9 Å². The van der Waals surface area contributed by atoms with E-state index in [1.807, 2.05) is 11.0 Å². The van der Waals surface area contributed by atoms with Gasteiger partial charge in [0.15, 0.2) is 0 Å². The number of primary amides is 1. The first-order valence-corrected chi connectivity index (χ1v) is 7.51. The number of nitrogens with one attached hydrogen (secondary N) is 1. The second-order valence-electron chi connectivity index (χ2n) is 4.48. The molecule has 0 radical (unpaired) electrons. The average Bonchev–Trinajstić information content (AvgIpc) is 2.37. The van der Waals surface area contributed by atoms with Crippen LogP contribution >= 0.6 is 0 Å². The minimum absolute atomic E-state index is 0.137. The average molecular weight is 284 g/mol. The highest BCUT2D eigenvalue weighted by atomic mass is 32.2. The van der Waals surface area contributed by atoms with E-state index in [0.717, 1.165) is 31.2 Å². The van der Waals surface area contributed by atoms with Crippen LogP contribution in [0.15, 0.2) is 23.1 Å². The van der Waals surface area contributed by atoms with Crippen molar-refractivity contribution in [2.24, 2.45) is 5.73 Å². The molecule has 0 spiro atoms. The molecule has 6 nitrogen and oxygen atoms in total. The van der Waals surface area contributed by atoms with E-state index in [1.165, 1.54) is 5.56 Å². The van der Waals surface area contributed by atoms with Gasteiger partial charge in [0, 0.05) is 0 Å². The number of carbonyl (C=O) groups excluding carboxylic acids is 1. The van der Waals surface area contributed by atoms with Crippen molar-refractivity contribution in [2.45, 2.75) is 30.6 Å². The summed E-state index contributed by atoms with van der Waals surface area (Å²) >= 11 is 0. The Morgan fingerprint density at radius 3 is 2.63 bits per heavy atom. The van der Waals surface area contributed by atoms with Gasteiger partial charge in [-0.3, -0.25) is 9.63 Å². The molecule has 7 heteroatoms. The van der Waals surface area contributed by atoms with E-state index in [-0.39, 0.29) is 4.90 Å². The molecular weight excluding hydrogens is 268 g/mol. The second-order valence-corrected chi connectivity index (χ2v) is 6.12. The van der Waals surface area contributed by atoms with Crippen molar-refractivity contribution in [1.29, 1.82) is 0 Å². The van der Waals surface area contributed by atoms with Crippen LogP contribution in [0.1, 0.15) is 24.0 Å². The highest BCUT2D eigenvalue weighted by molar-refractivity contribution is 7.89. The summed E-state index contributed by atoms with van der Waals surface area (Å²) in [5.41, 5.74) is 7.11. The normalized spacial score (nSPS) is 14.9. The van der Waals surface area contributed by atoms with Crippen LogP contribution in [0.3, 0.4) is 0 Å². The van der Waals surface area contributed by atoms with Crippen LogP contribution in [0.2, 0.25) is 0 Å². The van der Waals surface area contributed by atoms with E-state index in [2.05, 4.69) is 4.84 Å². The fourth-order valence-electron chi connectivity index (χ4n) is 2.10. The van der Waals surface area contributed by atoms with Crippen molar-refractivity contribution >= 4 is 15.9 Å². The molecule has 1 aromatic carbocycles.